The van der Waals surface area contributed by atoms with Gasteiger partial charge >= 0.3 is 0 Å². The fourth-order valence-electron chi connectivity index (χ4n) is 2.44. The number of rotatable bonds is 2. The average Bonchev–Trinajstić information content (AvgIpc) is 2.02. The third kappa shape index (κ3) is 1.63. The van der Waals surface area contributed by atoms with Crippen molar-refractivity contribution in [2.24, 2.45) is 11.8 Å². The molecule has 1 aliphatic carbocycles. The Morgan fingerprint density at radius 2 is 1.77 bits per heavy atom. The number of hydrogen-bond donors (Lipinski definition) is 0. The monoisotopic (exact) mass is 174 g/mol. The van der Waals surface area contributed by atoms with Crippen molar-refractivity contribution in [3.8, 4) is 0 Å². The minimum absolute atomic E-state index is 0.846. The van der Waals surface area contributed by atoms with Crippen molar-refractivity contribution in [1.82, 2.24) is 0 Å². The summed E-state index contributed by atoms with van der Waals surface area (Å²) in [5.41, 5.74) is 1.55. The lowest BCUT2D eigenvalue weighted by atomic mass is 9.65. The lowest BCUT2D eigenvalue weighted by Crippen LogP contribution is -2.28. The Labute approximate surface area is 81.0 Å². The van der Waals surface area contributed by atoms with E-state index >= 15 is 0 Å². The van der Waals surface area contributed by atoms with Crippen molar-refractivity contribution in [1.29, 1.82) is 0 Å². The first-order chi connectivity index (χ1) is 6.29. The number of hydrogen-bond acceptors (Lipinski definition) is 0. The van der Waals surface area contributed by atoms with Crippen LogP contribution < -0.4 is 0 Å². The fourth-order valence-corrected chi connectivity index (χ4v) is 2.44. The quantitative estimate of drug-likeness (QED) is 0.639. The van der Waals surface area contributed by atoms with Gasteiger partial charge < -0.3 is 0 Å². The maximum absolute atomic E-state index is 2.35. The predicted molar refractivity (Wildman–Crippen MR) is 56.7 cm³/mol. The third-order valence-electron chi connectivity index (χ3n) is 3.41. The van der Waals surface area contributed by atoms with Crippen molar-refractivity contribution in [3.63, 3.8) is 0 Å². The van der Waals surface area contributed by atoms with Gasteiger partial charge in [-0.15, -0.1) is 0 Å². The second kappa shape index (κ2) is 3.53. The summed E-state index contributed by atoms with van der Waals surface area (Å²) in [5.74, 6) is 2.63. The molecule has 0 aromatic heterocycles. The van der Waals surface area contributed by atoms with Crippen molar-refractivity contribution in [3.05, 3.63) is 35.9 Å². The molecule has 2 unspecified atom stereocenters. The molecule has 0 spiro atoms. The molecule has 1 saturated carbocycles. The second-order valence-corrected chi connectivity index (χ2v) is 4.50. The van der Waals surface area contributed by atoms with Gasteiger partial charge in [-0.25, -0.2) is 0 Å². The minimum atomic E-state index is 0.846. The van der Waals surface area contributed by atoms with E-state index in [9.17, 15) is 0 Å². The Kier molecular flexibility index (Phi) is 2.39. The maximum atomic E-state index is 2.35. The van der Waals surface area contributed by atoms with E-state index in [2.05, 4.69) is 44.2 Å². The molecule has 0 amide bonds. The highest BCUT2D eigenvalue weighted by Crippen LogP contribution is 2.46. The van der Waals surface area contributed by atoms with Gasteiger partial charge in [0.1, 0.15) is 0 Å². The van der Waals surface area contributed by atoms with Crippen LogP contribution in [0.1, 0.15) is 38.2 Å². The first-order valence-corrected chi connectivity index (χ1v) is 5.34. The Hall–Kier alpha value is -0.780. The molecule has 2 atom stereocenters. The molecule has 0 aliphatic heterocycles. The molecule has 70 valence electrons. The molecule has 0 radical (unpaired) electrons. The summed E-state index contributed by atoms with van der Waals surface area (Å²) in [6.07, 6.45) is 2.82. The largest absolute Gasteiger partial charge is 0.0625 e. The second-order valence-electron chi connectivity index (χ2n) is 4.50. The molecule has 1 aromatic rings. The van der Waals surface area contributed by atoms with Crippen molar-refractivity contribution in [2.45, 2.75) is 32.6 Å². The van der Waals surface area contributed by atoms with Gasteiger partial charge in [-0.3, -0.25) is 0 Å². The predicted octanol–water partition coefficient (Wildman–Crippen LogP) is 3.84. The molecule has 1 fully saturated rings. The molecule has 1 aromatic carbocycles. The van der Waals surface area contributed by atoms with Crippen LogP contribution in [0.15, 0.2) is 30.3 Å². The Morgan fingerprint density at radius 3 is 2.23 bits per heavy atom. The maximum Gasteiger partial charge on any atom is -0.0131 e. The van der Waals surface area contributed by atoms with Crippen LogP contribution in [0.3, 0.4) is 0 Å². The minimum Gasteiger partial charge on any atom is -0.0625 e. The highest BCUT2D eigenvalue weighted by atomic mass is 14.4. The summed E-state index contributed by atoms with van der Waals surface area (Å²) < 4.78 is 0. The van der Waals surface area contributed by atoms with Crippen LogP contribution in [0.5, 0.6) is 0 Å². The Morgan fingerprint density at radius 1 is 1.08 bits per heavy atom. The van der Waals surface area contributed by atoms with Crippen LogP contribution in [-0.4, -0.2) is 0 Å². The van der Waals surface area contributed by atoms with Gasteiger partial charge in [-0.05, 0) is 36.2 Å². The van der Waals surface area contributed by atoms with Gasteiger partial charge in [0.2, 0.25) is 0 Å². The van der Waals surface area contributed by atoms with Crippen LogP contribution in [0.4, 0.5) is 0 Å². The molecular formula is C13H18. The molecule has 13 heavy (non-hydrogen) atoms. The molecule has 0 heteroatoms. The van der Waals surface area contributed by atoms with Gasteiger partial charge in [-0.1, -0.05) is 44.2 Å². The van der Waals surface area contributed by atoms with Crippen LogP contribution in [0.2, 0.25) is 0 Å². The Bertz CT molecular complexity index is 261. The Balaban J connectivity index is 2.11. The van der Waals surface area contributed by atoms with Gasteiger partial charge in [0, 0.05) is 0 Å². The lowest BCUT2D eigenvalue weighted by Gasteiger charge is -2.40. The van der Waals surface area contributed by atoms with E-state index in [-0.39, 0.29) is 0 Å². The van der Waals surface area contributed by atoms with E-state index in [0.29, 0.717) is 0 Å². The summed E-state index contributed by atoms with van der Waals surface area (Å²) in [5, 5.41) is 0. The highest BCUT2D eigenvalue weighted by Gasteiger charge is 2.33. The van der Waals surface area contributed by atoms with Gasteiger partial charge in [0.15, 0.2) is 0 Å². The van der Waals surface area contributed by atoms with Gasteiger partial charge in [0.25, 0.3) is 0 Å². The fraction of sp³-hybridized carbons (Fsp3) is 0.538. The van der Waals surface area contributed by atoms with E-state index in [1.165, 1.54) is 12.8 Å². The van der Waals surface area contributed by atoms with Crippen LogP contribution in [-0.2, 0) is 0 Å². The molecule has 0 bridgehead atoms. The summed E-state index contributed by atoms with van der Waals surface area (Å²) >= 11 is 0. The van der Waals surface area contributed by atoms with Crippen LogP contribution in [0.25, 0.3) is 0 Å². The zero-order valence-corrected chi connectivity index (χ0v) is 8.53. The zero-order valence-electron chi connectivity index (χ0n) is 8.53. The zero-order chi connectivity index (χ0) is 9.26. The molecule has 1 aliphatic rings. The van der Waals surface area contributed by atoms with E-state index < -0.39 is 0 Å². The van der Waals surface area contributed by atoms with Crippen LogP contribution >= 0.6 is 0 Å². The lowest BCUT2D eigenvalue weighted by molar-refractivity contribution is 0.187. The summed E-state index contributed by atoms with van der Waals surface area (Å²) in [7, 11) is 0. The summed E-state index contributed by atoms with van der Waals surface area (Å²) in [4.78, 5) is 0. The number of benzene rings is 1. The van der Waals surface area contributed by atoms with E-state index in [1.807, 2.05) is 0 Å². The van der Waals surface area contributed by atoms with E-state index in [0.717, 1.165) is 17.8 Å². The summed E-state index contributed by atoms with van der Waals surface area (Å²) in [6, 6.07) is 11.0. The SMILES string of the molecule is CC(C)C1CCC1c1ccccc1. The normalized spacial score (nSPS) is 27.3. The van der Waals surface area contributed by atoms with Crippen molar-refractivity contribution >= 4 is 0 Å². The molecular weight excluding hydrogens is 156 g/mol. The van der Waals surface area contributed by atoms with Crippen molar-refractivity contribution < 1.29 is 0 Å². The average molecular weight is 174 g/mol. The van der Waals surface area contributed by atoms with E-state index in [1.54, 1.807) is 5.56 Å². The molecule has 0 N–H and O–H groups in total. The molecule has 0 heterocycles. The van der Waals surface area contributed by atoms with Crippen molar-refractivity contribution in [2.75, 3.05) is 0 Å². The third-order valence-corrected chi connectivity index (χ3v) is 3.41. The molecule has 2 rings (SSSR count). The molecule has 0 nitrogen and oxygen atoms in total. The van der Waals surface area contributed by atoms with E-state index in [4.69, 9.17) is 0 Å². The summed E-state index contributed by atoms with van der Waals surface area (Å²) in [6.45, 7) is 4.69. The first-order valence-electron chi connectivity index (χ1n) is 5.34. The van der Waals surface area contributed by atoms with Gasteiger partial charge in [-0.2, -0.15) is 0 Å². The highest BCUT2D eigenvalue weighted by molar-refractivity contribution is 5.22. The van der Waals surface area contributed by atoms with Crippen LogP contribution in [0, 0.1) is 11.8 Å². The first kappa shape index (κ1) is 8.80. The van der Waals surface area contributed by atoms with Gasteiger partial charge in [0.05, 0.1) is 0 Å². The smallest absolute Gasteiger partial charge is 0.0131 e. The standard InChI is InChI=1S/C13H18/c1-10(2)12-8-9-13(12)11-6-4-3-5-7-11/h3-7,10,12-13H,8-9H2,1-2H3. The topological polar surface area (TPSA) is 0 Å². The molecule has 0 saturated heterocycles.